The second kappa shape index (κ2) is 8.25. The van der Waals surface area contributed by atoms with E-state index >= 15 is 0 Å². The summed E-state index contributed by atoms with van der Waals surface area (Å²) in [5.41, 5.74) is 4.22. The first-order chi connectivity index (χ1) is 13.4. The number of hydrogen-bond acceptors (Lipinski definition) is 4. The molecule has 28 heavy (non-hydrogen) atoms. The molecule has 2 heterocycles. The third-order valence-corrected chi connectivity index (χ3v) is 4.52. The molecule has 3 rings (SSSR count). The number of carbonyl (C=O) groups is 1. The standard InChI is InChI=1S/C22H26N2O4/c1-14(2)13-24-17-10-15(3)28-20(17)12-18(24)22(25)23-9-8-16-6-7-19(26-4)21(11-16)27-5/h6-7,10-12H,1,8-9,13H2,2-5H3,(H,23,25). The summed E-state index contributed by atoms with van der Waals surface area (Å²) in [6.45, 7) is 8.89. The summed E-state index contributed by atoms with van der Waals surface area (Å²) in [6, 6.07) is 9.48. The number of nitrogens with zero attached hydrogens (tertiary/aromatic N) is 1. The van der Waals surface area contributed by atoms with Crippen molar-refractivity contribution < 1.29 is 18.7 Å². The van der Waals surface area contributed by atoms with E-state index in [2.05, 4.69) is 11.9 Å². The lowest BCUT2D eigenvalue weighted by molar-refractivity contribution is 0.0945. The first kappa shape index (κ1) is 19.6. The van der Waals surface area contributed by atoms with Gasteiger partial charge in [-0.1, -0.05) is 18.2 Å². The van der Waals surface area contributed by atoms with Crippen molar-refractivity contribution in [3.8, 4) is 11.5 Å². The molecule has 0 saturated heterocycles. The van der Waals surface area contributed by atoms with E-state index in [9.17, 15) is 4.79 Å². The zero-order chi connectivity index (χ0) is 20.3. The molecule has 0 radical (unpaired) electrons. The SMILES string of the molecule is C=C(C)Cn1c(C(=O)NCCc2ccc(OC)c(OC)c2)cc2oc(C)cc21. The van der Waals surface area contributed by atoms with Crippen molar-refractivity contribution in [1.29, 1.82) is 0 Å². The number of benzene rings is 1. The Morgan fingerprint density at radius 1 is 1.18 bits per heavy atom. The van der Waals surface area contributed by atoms with Crippen LogP contribution in [0.1, 0.15) is 28.7 Å². The zero-order valence-electron chi connectivity index (χ0n) is 16.8. The van der Waals surface area contributed by atoms with Crippen LogP contribution in [0.3, 0.4) is 0 Å². The van der Waals surface area contributed by atoms with Crippen LogP contribution in [-0.4, -0.2) is 31.2 Å². The van der Waals surface area contributed by atoms with Gasteiger partial charge in [-0.15, -0.1) is 0 Å². The van der Waals surface area contributed by atoms with Crippen LogP contribution in [0.5, 0.6) is 11.5 Å². The summed E-state index contributed by atoms with van der Waals surface area (Å²) < 4.78 is 18.2. The van der Waals surface area contributed by atoms with Gasteiger partial charge in [0.05, 0.1) is 19.7 Å². The Morgan fingerprint density at radius 3 is 2.61 bits per heavy atom. The average molecular weight is 382 g/mol. The summed E-state index contributed by atoms with van der Waals surface area (Å²) in [7, 11) is 3.21. The molecule has 0 aliphatic heterocycles. The summed E-state index contributed by atoms with van der Waals surface area (Å²) in [5.74, 6) is 2.05. The van der Waals surface area contributed by atoms with Gasteiger partial charge < -0.3 is 23.8 Å². The van der Waals surface area contributed by atoms with Gasteiger partial charge >= 0.3 is 0 Å². The Morgan fingerprint density at radius 2 is 1.93 bits per heavy atom. The van der Waals surface area contributed by atoms with Crippen LogP contribution in [0.15, 0.2) is 46.9 Å². The molecule has 1 N–H and O–H groups in total. The number of aryl methyl sites for hydroxylation is 1. The van der Waals surface area contributed by atoms with E-state index in [1.54, 1.807) is 20.3 Å². The fourth-order valence-corrected chi connectivity index (χ4v) is 3.24. The first-order valence-electron chi connectivity index (χ1n) is 9.16. The minimum absolute atomic E-state index is 0.134. The Hall–Kier alpha value is -3.15. The molecule has 0 fully saturated rings. The maximum atomic E-state index is 12.8. The topological polar surface area (TPSA) is 65.6 Å². The molecule has 0 spiro atoms. The third kappa shape index (κ3) is 4.06. The lowest BCUT2D eigenvalue weighted by Gasteiger charge is -2.12. The number of rotatable bonds is 8. The zero-order valence-corrected chi connectivity index (χ0v) is 16.8. The second-order valence-electron chi connectivity index (χ2n) is 6.87. The Balaban J connectivity index is 1.71. The van der Waals surface area contributed by atoms with E-state index in [1.165, 1.54) is 0 Å². The molecule has 6 heteroatoms. The average Bonchev–Trinajstić information content (AvgIpc) is 3.18. The van der Waals surface area contributed by atoms with E-state index in [4.69, 9.17) is 13.9 Å². The number of methoxy groups -OCH3 is 2. The molecule has 0 saturated carbocycles. The van der Waals surface area contributed by atoms with Crippen LogP contribution in [0.4, 0.5) is 0 Å². The molecule has 0 aliphatic carbocycles. The van der Waals surface area contributed by atoms with Crippen molar-refractivity contribution in [2.75, 3.05) is 20.8 Å². The summed E-state index contributed by atoms with van der Waals surface area (Å²) in [5, 5.41) is 2.99. The lowest BCUT2D eigenvalue weighted by Crippen LogP contribution is -2.28. The number of fused-ring (bicyclic) bond motifs is 1. The number of furan rings is 1. The maximum absolute atomic E-state index is 12.8. The van der Waals surface area contributed by atoms with Crippen molar-refractivity contribution in [1.82, 2.24) is 9.88 Å². The molecule has 0 aliphatic rings. The third-order valence-electron chi connectivity index (χ3n) is 4.52. The van der Waals surface area contributed by atoms with Crippen LogP contribution in [0, 0.1) is 6.92 Å². The van der Waals surface area contributed by atoms with Gasteiger partial charge in [0.15, 0.2) is 17.1 Å². The second-order valence-corrected chi connectivity index (χ2v) is 6.87. The number of carbonyl (C=O) groups excluding carboxylic acids is 1. The lowest BCUT2D eigenvalue weighted by atomic mass is 10.1. The number of ether oxygens (including phenoxy) is 2. The largest absolute Gasteiger partial charge is 0.493 e. The fourth-order valence-electron chi connectivity index (χ4n) is 3.24. The van der Waals surface area contributed by atoms with Gasteiger partial charge in [0.1, 0.15) is 11.5 Å². The predicted octanol–water partition coefficient (Wildman–Crippen LogP) is 4.11. The minimum atomic E-state index is -0.134. The molecule has 1 amide bonds. The molecule has 0 bridgehead atoms. The molecule has 1 aromatic carbocycles. The monoisotopic (exact) mass is 382 g/mol. The highest BCUT2D eigenvalue weighted by atomic mass is 16.5. The first-order valence-corrected chi connectivity index (χ1v) is 9.16. The molecule has 0 unspecified atom stereocenters. The van der Waals surface area contributed by atoms with Gasteiger partial charge in [-0.2, -0.15) is 0 Å². The fraction of sp³-hybridized carbons (Fsp3) is 0.318. The van der Waals surface area contributed by atoms with E-state index < -0.39 is 0 Å². The quantitative estimate of drug-likeness (QED) is 0.596. The number of allylic oxidation sites excluding steroid dienone is 1. The van der Waals surface area contributed by atoms with Crippen LogP contribution in [0.25, 0.3) is 11.1 Å². The van der Waals surface area contributed by atoms with Gasteiger partial charge in [0, 0.05) is 25.2 Å². The van der Waals surface area contributed by atoms with Gasteiger partial charge in [-0.25, -0.2) is 0 Å². The van der Waals surface area contributed by atoms with Gasteiger partial charge in [-0.05, 0) is 38.0 Å². The smallest absolute Gasteiger partial charge is 0.268 e. The molecular formula is C22H26N2O4. The van der Waals surface area contributed by atoms with Gasteiger partial charge in [-0.3, -0.25) is 4.79 Å². The van der Waals surface area contributed by atoms with Crippen molar-refractivity contribution >= 4 is 17.0 Å². The van der Waals surface area contributed by atoms with Crippen LogP contribution >= 0.6 is 0 Å². The molecule has 3 aromatic rings. The molecule has 6 nitrogen and oxygen atoms in total. The Kier molecular flexibility index (Phi) is 5.78. The Bertz CT molecular complexity index is 1010. The van der Waals surface area contributed by atoms with Crippen LogP contribution in [0.2, 0.25) is 0 Å². The number of hydrogen-bond donors (Lipinski definition) is 1. The van der Waals surface area contributed by atoms with Crippen molar-refractivity contribution in [2.24, 2.45) is 0 Å². The highest BCUT2D eigenvalue weighted by Gasteiger charge is 2.18. The normalized spacial score (nSPS) is 10.9. The van der Waals surface area contributed by atoms with E-state index in [1.807, 2.05) is 42.7 Å². The highest BCUT2D eigenvalue weighted by Crippen LogP contribution is 2.28. The maximum Gasteiger partial charge on any atom is 0.268 e. The predicted molar refractivity (Wildman–Crippen MR) is 109 cm³/mol. The molecule has 2 aromatic heterocycles. The molecular weight excluding hydrogens is 356 g/mol. The van der Waals surface area contributed by atoms with Crippen LogP contribution < -0.4 is 14.8 Å². The van der Waals surface area contributed by atoms with Crippen molar-refractivity contribution in [2.45, 2.75) is 26.8 Å². The van der Waals surface area contributed by atoms with Gasteiger partial charge in [0.25, 0.3) is 5.91 Å². The number of aromatic nitrogens is 1. The summed E-state index contributed by atoms with van der Waals surface area (Å²) >= 11 is 0. The van der Waals surface area contributed by atoms with E-state index in [-0.39, 0.29) is 5.91 Å². The molecule has 0 atom stereocenters. The summed E-state index contributed by atoms with van der Waals surface area (Å²) in [4.78, 5) is 12.8. The highest BCUT2D eigenvalue weighted by molar-refractivity contribution is 5.97. The minimum Gasteiger partial charge on any atom is -0.493 e. The number of nitrogens with one attached hydrogen (secondary N) is 1. The van der Waals surface area contributed by atoms with E-state index in [0.29, 0.717) is 42.3 Å². The number of amides is 1. The summed E-state index contributed by atoms with van der Waals surface area (Å²) in [6.07, 6.45) is 0.683. The van der Waals surface area contributed by atoms with Crippen LogP contribution in [-0.2, 0) is 13.0 Å². The van der Waals surface area contributed by atoms with Crippen molar-refractivity contribution in [3.05, 3.63) is 59.5 Å². The Labute approximate surface area is 164 Å². The molecule has 148 valence electrons. The van der Waals surface area contributed by atoms with E-state index in [0.717, 1.165) is 22.4 Å². The van der Waals surface area contributed by atoms with Gasteiger partial charge in [0.2, 0.25) is 0 Å². The van der Waals surface area contributed by atoms with Crippen molar-refractivity contribution in [3.63, 3.8) is 0 Å².